The fourth-order valence-corrected chi connectivity index (χ4v) is 3.33. The molecular formula is C21H16F4N2O4S. The monoisotopic (exact) mass is 468 g/mol. The van der Waals surface area contributed by atoms with Crippen LogP contribution in [-0.4, -0.2) is 14.3 Å². The maximum atomic E-state index is 13.3. The van der Waals surface area contributed by atoms with E-state index in [-0.39, 0.29) is 22.1 Å². The number of hydrogen-bond acceptors (Lipinski definition) is 4. The number of hydrogen-bond donors (Lipinski definition) is 2. The first kappa shape index (κ1) is 23.2. The number of benzene rings is 3. The van der Waals surface area contributed by atoms with Gasteiger partial charge in [-0.05, 0) is 67.1 Å². The molecule has 0 fully saturated rings. The fourth-order valence-electron chi connectivity index (χ4n) is 2.77. The molecule has 0 heterocycles. The number of anilines is 1. The van der Waals surface area contributed by atoms with Crippen LogP contribution in [0.2, 0.25) is 0 Å². The third-order valence-corrected chi connectivity index (χ3v) is 5.24. The number of ether oxygens (including phenoxy) is 1. The first-order valence-electron chi connectivity index (χ1n) is 8.94. The largest absolute Gasteiger partial charge is 0.456 e. The van der Waals surface area contributed by atoms with E-state index in [1.165, 1.54) is 31.2 Å². The summed E-state index contributed by atoms with van der Waals surface area (Å²) >= 11 is 0. The number of halogens is 4. The summed E-state index contributed by atoms with van der Waals surface area (Å²) in [5.74, 6) is -1.60. The molecule has 3 N–H and O–H groups in total. The standard InChI is InChI=1S/C21H16F4N2O4S/c1-12-9-14(22)6-8-18(12)31-19-7-5-13(21(23,24)25)10-17(19)20(28)27-15-3-2-4-16(11-15)32(26,29)30/h2-11H,1H3,(H,27,28)(H2,26,29,30). The number of carbonyl (C=O) groups is 1. The third-order valence-electron chi connectivity index (χ3n) is 4.33. The second-order valence-corrected chi connectivity index (χ2v) is 8.31. The SMILES string of the molecule is Cc1cc(F)ccc1Oc1ccc(C(F)(F)F)cc1C(=O)Nc1cccc(S(N)(=O)=O)c1. The van der Waals surface area contributed by atoms with E-state index in [0.717, 1.165) is 30.3 Å². The molecule has 1 amide bonds. The number of aryl methyl sites for hydroxylation is 1. The van der Waals surface area contributed by atoms with E-state index in [1.807, 2.05) is 0 Å². The van der Waals surface area contributed by atoms with E-state index in [4.69, 9.17) is 9.88 Å². The lowest BCUT2D eigenvalue weighted by atomic mass is 10.1. The van der Waals surface area contributed by atoms with Gasteiger partial charge < -0.3 is 10.1 Å². The van der Waals surface area contributed by atoms with Gasteiger partial charge in [-0.3, -0.25) is 4.79 Å². The molecule has 0 radical (unpaired) electrons. The molecule has 3 rings (SSSR count). The van der Waals surface area contributed by atoms with E-state index >= 15 is 0 Å². The van der Waals surface area contributed by atoms with E-state index in [1.54, 1.807) is 0 Å². The molecule has 3 aromatic carbocycles. The van der Waals surface area contributed by atoms with Crippen LogP contribution in [-0.2, 0) is 16.2 Å². The normalized spacial score (nSPS) is 11.8. The first-order chi connectivity index (χ1) is 14.8. The summed E-state index contributed by atoms with van der Waals surface area (Å²) in [6.45, 7) is 1.53. The Hall–Kier alpha value is -3.44. The average molecular weight is 468 g/mol. The maximum Gasteiger partial charge on any atom is 0.416 e. The molecule has 3 aromatic rings. The number of nitrogens with one attached hydrogen (secondary N) is 1. The van der Waals surface area contributed by atoms with Crippen LogP contribution in [0.5, 0.6) is 11.5 Å². The first-order valence-corrected chi connectivity index (χ1v) is 10.5. The van der Waals surface area contributed by atoms with Crippen molar-refractivity contribution >= 4 is 21.6 Å². The second kappa shape index (κ2) is 8.60. The summed E-state index contributed by atoms with van der Waals surface area (Å²) in [6, 6.07) is 10.8. The Kier molecular flexibility index (Phi) is 6.24. The van der Waals surface area contributed by atoms with Crippen molar-refractivity contribution < 1.29 is 35.5 Å². The Morgan fingerprint density at radius 3 is 2.31 bits per heavy atom. The summed E-state index contributed by atoms with van der Waals surface area (Å²) in [5.41, 5.74) is -1.21. The van der Waals surface area contributed by atoms with Gasteiger partial charge in [-0.25, -0.2) is 17.9 Å². The Morgan fingerprint density at radius 1 is 1.00 bits per heavy atom. The summed E-state index contributed by atoms with van der Waals surface area (Å²) in [6.07, 6.45) is -4.73. The van der Waals surface area contributed by atoms with Crippen LogP contribution in [0.15, 0.2) is 65.6 Å². The minimum Gasteiger partial charge on any atom is -0.456 e. The molecule has 0 aliphatic rings. The Balaban J connectivity index is 2.01. The van der Waals surface area contributed by atoms with Crippen LogP contribution < -0.4 is 15.2 Å². The van der Waals surface area contributed by atoms with E-state index in [0.29, 0.717) is 11.6 Å². The molecule has 0 aliphatic carbocycles. The van der Waals surface area contributed by atoms with Crippen molar-refractivity contribution in [2.24, 2.45) is 5.14 Å². The molecular weight excluding hydrogens is 452 g/mol. The highest BCUT2D eigenvalue weighted by atomic mass is 32.2. The number of amides is 1. The van der Waals surface area contributed by atoms with Crippen molar-refractivity contribution in [3.05, 3.63) is 83.2 Å². The number of carbonyl (C=O) groups excluding carboxylic acids is 1. The fraction of sp³-hybridized carbons (Fsp3) is 0.0952. The number of alkyl halides is 3. The molecule has 0 spiro atoms. The van der Waals surface area contributed by atoms with E-state index < -0.39 is 39.1 Å². The van der Waals surface area contributed by atoms with Gasteiger partial charge in [0.25, 0.3) is 5.91 Å². The van der Waals surface area contributed by atoms with Gasteiger partial charge in [0.05, 0.1) is 16.0 Å². The van der Waals surface area contributed by atoms with Gasteiger partial charge >= 0.3 is 6.18 Å². The predicted molar refractivity (Wildman–Crippen MR) is 108 cm³/mol. The van der Waals surface area contributed by atoms with Crippen molar-refractivity contribution in [2.75, 3.05) is 5.32 Å². The van der Waals surface area contributed by atoms with Crippen LogP contribution in [0.3, 0.4) is 0 Å². The molecule has 6 nitrogen and oxygen atoms in total. The van der Waals surface area contributed by atoms with Crippen molar-refractivity contribution in [3.8, 4) is 11.5 Å². The second-order valence-electron chi connectivity index (χ2n) is 6.75. The zero-order chi connectivity index (χ0) is 23.7. The van der Waals surface area contributed by atoms with Gasteiger partial charge in [0.15, 0.2) is 0 Å². The quantitative estimate of drug-likeness (QED) is 0.524. The van der Waals surface area contributed by atoms with Crippen molar-refractivity contribution in [1.29, 1.82) is 0 Å². The van der Waals surface area contributed by atoms with Crippen molar-refractivity contribution in [2.45, 2.75) is 18.0 Å². The minimum atomic E-state index is -4.73. The van der Waals surface area contributed by atoms with Crippen LogP contribution in [0.1, 0.15) is 21.5 Å². The summed E-state index contributed by atoms with van der Waals surface area (Å²) < 4.78 is 81.6. The molecule has 0 atom stereocenters. The number of rotatable bonds is 5. The van der Waals surface area contributed by atoms with Crippen LogP contribution >= 0.6 is 0 Å². The average Bonchev–Trinajstić information content (AvgIpc) is 2.69. The van der Waals surface area contributed by atoms with Crippen LogP contribution in [0.25, 0.3) is 0 Å². The lowest BCUT2D eigenvalue weighted by Crippen LogP contribution is -2.16. The highest BCUT2D eigenvalue weighted by molar-refractivity contribution is 7.89. The Morgan fingerprint density at radius 2 is 1.69 bits per heavy atom. The summed E-state index contributed by atoms with van der Waals surface area (Å²) in [7, 11) is -4.06. The van der Waals surface area contributed by atoms with Crippen molar-refractivity contribution in [1.82, 2.24) is 0 Å². The third kappa shape index (κ3) is 5.42. The zero-order valence-corrected chi connectivity index (χ0v) is 17.2. The number of primary sulfonamides is 1. The van der Waals surface area contributed by atoms with Gasteiger partial charge in [0.2, 0.25) is 10.0 Å². The van der Waals surface area contributed by atoms with E-state index in [9.17, 15) is 30.8 Å². The van der Waals surface area contributed by atoms with Gasteiger partial charge in [-0.2, -0.15) is 13.2 Å². The summed E-state index contributed by atoms with van der Waals surface area (Å²) in [5, 5.41) is 7.39. The predicted octanol–water partition coefficient (Wildman–Crippen LogP) is 4.84. The Labute approximate surface area is 180 Å². The van der Waals surface area contributed by atoms with E-state index in [2.05, 4.69) is 5.32 Å². The molecule has 0 unspecified atom stereocenters. The highest BCUT2D eigenvalue weighted by Crippen LogP contribution is 2.35. The van der Waals surface area contributed by atoms with Crippen LogP contribution in [0, 0.1) is 12.7 Å². The Bertz CT molecular complexity index is 1290. The molecule has 0 saturated heterocycles. The molecule has 0 bridgehead atoms. The van der Waals surface area contributed by atoms with Gasteiger partial charge in [-0.15, -0.1) is 0 Å². The van der Waals surface area contributed by atoms with Gasteiger partial charge in [0.1, 0.15) is 17.3 Å². The molecule has 0 saturated carbocycles. The smallest absolute Gasteiger partial charge is 0.416 e. The lowest BCUT2D eigenvalue weighted by molar-refractivity contribution is -0.137. The molecule has 32 heavy (non-hydrogen) atoms. The van der Waals surface area contributed by atoms with Crippen LogP contribution in [0.4, 0.5) is 23.2 Å². The number of sulfonamides is 1. The highest BCUT2D eigenvalue weighted by Gasteiger charge is 2.32. The number of nitrogens with two attached hydrogens (primary N) is 1. The molecule has 11 heteroatoms. The molecule has 168 valence electrons. The molecule has 0 aliphatic heterocycles. The zero-order valence-electron chi connectivity index (χ0n) is 16.4. The summed E-state index contributed by atoms with van der Waals surface area (Å²) in [4.78, 5) is 12.5. The van der Waals surface area contributed by atoms with Crippen molar-refractivity contribution in [3.63, 3.8) is 0 Å². The maximum absolute atomic E-state index is 13.3. The lowest BCUT2D eigenvalue weighted by Gasteiger charge is -2.16. The van der Waals surface area contributed by atoms with Gasteiger partial charge in [-0.1, -0.05) is 6.07 Å². The topological polar surface area (TPSA) is 98.5 Å². The minimum absolute atomic E-state index is 0.0113. The molecule has 0 aromatic heterocycles. The van der Waals surface area contributed by atoms with Gasteiger partial charge in [0, 0.05) is 5.69 Å².